The molecule has 0 aliphatic heterocycles. The van der Waals surface area contributed by atoms with Crippen LogP contribution in [0.25, 0.3) is 39.1 Å². The van der Waals surface area contributed by atoms with Gasteiger partial charge < -0.3 is 18.5 Å². The molecule has 3 aromatic heterocycles. The predicted octanol–water partition coefficient (Wildman–Crippen LogP) is 6.41. The van der Waals surface area contributed by atoms with Crippen molar-refractivity contribution in [2.45, 2.75) is 13.8 Å². The molecule has 0 saturated carbocycles. The van der Waals surface area contributed by atoms with Crippen molar-refractivity contribution in [3.05, 3.63) is 111 Å². The zero-order chi connectivity index (χ0) is 29.4. The van der Waals surface area contributed by atoms with E-state index in [0.717, 1.165) is 32.5 Å². The summed E-state index contributed by atoms with van der Waals surface area (Å²) in [6.07, 6.45) is 1.66. The maximum absolute atomic E-state index is 13.7. The molecule has 6 rings (SSSR count). The maximum atomic E-state index is 13.7. The van der Waals surface area contributed by atoms with Gasteiger partial charge in [-0.1, -0.05) is 28.1 Å². The van der Waals surface area contributed by atoms with Crippen molar-refractivity contribution < 1.29 is 18.7 Å². The number of halogens is 1. The van der Waals surface area contributed by atoms with Crippen molar-refractivity contribution in [3.8, 4) is 23.0 Å². The molecule has 0 N–H and O–H groups in total. The molecule has 0 aliphatic carbocycles. The lowest BCUT2D eigenvalue weighted by Crippen LogP contribution is -2.20. The Hall–Kier alpha value is -4.96. The van der Waals surface area contributed by atoms with E-state index >= 15 is 0 Å². The van der Waals surface area contributed by atoms with Crippen LogP contribution in [0.5, 0.6) is 5.75 Å². The van der Waals surface area contributed by atoms with Gasteiger partial charge in [-0.15, -0.1) is 0 Å². The minimum Gasteiger partial charge on any atom is -0.482 e. The van der Waals surface area contributed by atoms with Gasteiger partial charge in [-0.2, -0.15) is 9.78 Å². The summed E-state index contributed by atoms with van der Waals surface area (Å²) < 4.78 is 20.5. The maximum Gasteiger partial charge on any atom is 0.343 e. The van der Waals surface area contributed by atoms with Gasteiger partial charge in [-0.25, -0.2) is 9.78 Å². The second-order valence-electron chi connectivity index (χ2n) is 9.63. The SMILES string of the molecule is COC(=O)COc1ccc(-n2c(C)cc(C=Nn3c(-c4cc5cc(Br)ccc5o4)nc4ccccc4c3=O)c2C)cc1. The second-order valence-corrected chi connectivity index (χ2v) is 10.5. The molecule has 6 aromatic rings. The molecule has 0 unspecified atom stereocenters. The van der Waals surface area contributed by atoms with E-state index in [-0.39, 0.29) is 12.2 Å². The third-order valence-electron chi connectivity index (χ3n) is 6.91. The number of methoxy groups -OCH3 is 1. The van der Waals surface area contributed by atoms with Gasteiger partial charge in [-0.05, 0) is 80.6 Å². The Labute approximate surface area is 248 Å². The molecule has 3 heterocycles. The second kappa shape index (κ2) is 11.1. The summed E-state index contributed by atoms with van der Waals surface area (Å²) in [5, 5.41) is 5.97. The van der Waals surface area contributed by atoms with Gasteiger partial charge in [0.15, 0.2) is 12.4 Å². The average molecular weight is 625 g/mol. The number of hydrogen-bond acceptors (Lipinski definition) is 7. The molecule has 0 saturated heterocycles. The quantitative estimate of drug-likeness (QED) is 0.150. The fourth-order valence-corrected chi connectivity index (χ4v) is 5.22. The number of nitrogens with zero attached hydrogens (tertiary/aromatic N) is 4. The Bertz CT molecular complexity index is 2050. The van der Waals surface area contributed by atoms with Gasteiger partial charge in [0.1, 0.15) is 11.3 Å². The number of rotatable bonds is 7. The summed E-state index contributed by atoms with van der Waals surface area (Å²) in [6.45, 7) is 3.82. The summed E-state index contributed by atoms with van der Waals surface area (Å²) in [4.78, 5) is 29.8. The highest BCUT2D eigenvalue weighted by atomic mass is 79.9. The first-order chi connectivity index (χ1) is 20.3. The molecule has 0 fully saturated rings. The van der Waals surface area contributed by atoms with Crippen LogP contribution in [0.4, 0.5) is 0 Å². The summed E-state index contributed by atoms with van der Waals surface area (Å²) in [5.74, 6) is 0.848. The number of hydrogen-bond donors (Lipinski definition) is 0. The molecule has 0 radical (unpaired) electrons. The van der Waals surface area contributed by atoms with Gasteiger partial charge in [-0.3, -0.25) is 4.79 Å². The van der Waals surface area contributed by atoms with E-state index in [0.29, 0.717) is 33.8 Å². The molecule has 0 spiro atoms. The zero-order valence-corrected chi connectivity index (χ0v) is 24.6. The van der Waals surface area contributed by atoms with Crippen LogP contribution in [0.3, 0.4) is 0 Å². The van der Waals surface area contributed by atoms with Crippen LogP contribution in [-0.2, 0) is 9.53 Å². The summed E-state index contributed by atoms with van der Waals surface area (Å²) in [5.41, 5.74) is 4.58. The van der Waals surface area contributed by atoms with Gasteiger partial charge in [0.2, 0.25) is 5.82 Å². The van der Waals surface area contributed by atoms with Gasteiger partial charge in [0, 0.05) is 32.5 Å². The molecular formula is C32H25BrN4O5. The van der Waals surface area contributed by atoms with E-state index in [1.54, 1.807) is 36.5 Å². The van der Waals surface area contributed by atoms with Gasteiger partial charge in [0.05, 0.1) is 24.2 Å². The summed E-state index contributed by atoms with van der Waals surface area (Å²) >= 11 is 3.50. The van der Waals surface area contributed by atoms with Crippen LogP contribution in [0.2, 0.25) is 0 Å². The Kier molecular flexibility index (Phi) is 7.22. The molecule has 0 amide bonds. The van der Waals surface area contributed by atoms with Crippen molar-refractivity contribution in [2.24, 2.45) is 5.10 Å². The molecule has 10 heteroatoms. The number of carbonyl (C=O) groups is 1. The highest BCUT2D eigenvalue weighted by molar-refractivity contribution is 9.10. The first-order valence-corrected chi connectivity index (χ1v) is 13.9. The van der Waals surface area contributed by atoms with E-state index in [1.807, 2.05) is 62.4 Å². The van der Waals surface area contributed by atoms with E-state index in [1.165, 1.54) is 11.8 Å². The lowest BCUT2D eigenvalue weighted by Gasteiger charge is -2.11. The number of para-hydroxylation sites is 1. The molecule has 210 valence electrons. The topological polar surface area (TPSA) is 101 Å². The van der Waals surface area contributed by atoms with Gasteiger partial charge >= 0.3 is 5.97 Å². The molecule has 3 aromatic carbocycles. The van der Waals surface area contributed by atoms with E-state index in [9.17, 15) is 9.59 Å². The lowest BCUT2D eigenvalue weighted by molar-refractivity contribution is -0.142. The molecule has 0 bridgehead atoms. The summed E-state index contributed by atoms with van der Waals surface area (Å²) in [7, 11) is 1.32. The van der Waals surface area contributed by atoms with Crippen molar-refractivity contribution >= 4 is 50.0 Å². The first kappa shape index (κ1) is 27.2. The highest BCUT2D eigenvalue weighted by Crippen LogP contribution is 2.29. The number of benzene rings is 3. The van der Waals surface area contributed by atoms with Crippen LogP contribution in [0.1, 0.15) is 17.0 Å². The van der Waals surface area contributed by atoms with Crippen molar-refractivity contribution in [1.29, 1.82) is 0 Å². The van der Waals surface area contributed by atoms with Crippen molar-refractivity contribution in [3.63, 3.8) is 0 Å². The standard InChI is InChI=1S/C32H25BrN4O5/c1-19-14-22(20(2)36(19)24-9-11-25(12-10-24)41-18-30(38)40-3)17-34-37-31(35-27-7-5-4-6-26(27)32(37)39)29-16-21-15-23(33)8-13-28(21)42-29/h4-17H,18H2,1-3H3. The van der Waals surface area contributed by atoms with Gasteiger partial charge in [0.25, 0.3) is 5.56 Å². The van der Waals surface area contributed by atoms with E-state index < -0.39 is 5.97 Å². The zero-order valence-electron chi connectivity index (χ0n) is 23.0. The number of aryl methyl sites for hydroxylation is 1. The van der Waals surface area contributed by atoms with Crippen LogP contribution < -0.4 is 10.3 Å². The van der Waals surface area contributed by atoms with Crippen LogP contribution in [0, 0.1) is 13.8 Å². The Morgan fingerprint density at radius 3 is 2.62 bits per heavy atom. The number of furan rings is 1. The number of esters is 1. The van der Waals surface area contributed by atoms with Crippen LogP contribution in [0.15, 0.2) is 97.6 Å². The fourth-order valence-electron chi connectivity index (χ4n) is 4.84. The third-order valence-corrected chi connectivity index (χ3v) is 7.41. The fraction of sp³-hybridized carbons (Fsp3) is 0.125. The first-order valence-electron chi connectivity index (χ1n) is 13.1. The molecule has 0 atom stereocenters. The van der Waals surface area contributed by atoms with E-state index in [4.69, 9.17) is 14.1 Å². The number of aromatic nitrogens is 3. The average Bonchev–Trinajstić information content (AvgIpc) is 3.54. The van der Waals surface area contributed by atoms with Crippen LogP contribution >= 0.6 is 15.9 Å². The Morgan fingerprint density at radius 2 is 1.83 bits per heavy atom. The van der Waals surface area contributed by atoms with Crippen molar-refractivity contribution in [2.75, 3.05) is 13.7 Å². The molecule has 42 heavy (non-hydrogen) atoms. The number of fused-ring (bicyclic) bond motifs is 2. The van der Waals surface area contributed by atoms with E-state index in [2.05, 4.69) is 30.3 Å². The third kappa shape index (κ3) is 5.12. The minimum atomic E-state index is -0.447. The molecule has 0 aliphatic rings. The monoisotopic (exact) mass is 624 g/mol. The van der Waals surface area contributed by atoms with Crippen LogP contribution in [-0.4, -0.2) is 40.1 Å². The Morgan fingerprint density at radius 1 is 1.05 bits per heavy atom. The smallest absolute Gasteiger partial charge is 0.343 e. The Balaban J connectivity index is 1.39. The molecule has 9 nitrogen and oxygen atoms in total. The number of ether oxygens (including phenoxy) is 2. The minimum absolute atomic E-state index is 0.158. The predicted molar refractivity (Wildman–Crippen MR) is 165 cm³/mol. The normalized spacial score (nSPS) is 11.5. The molecular weight excluding hydrogens is 600 g/mol. The highest BCUT2D eigenvalue weighted by Gasteiger charge is 2.17. The summed E-state index contributed by atoms with van der Waals surface area (Å²) in [6, 6.07) is 24.1. The largest absolute Gasteiger partial charge is 0.482 e. The number of carbonyl (C=O) groups excluding carboxylic acids is 1. The van der Waals surface area contributed by atoms with Crippen molar-refractivity contribution in [1.82, 2.24) is 14.2 Å². The lowest BCUT2D eigenvalue weighted by atomic mass is 10.2.